The predicted octanol–water partition coefficient (Wildman–Crippen LogP) is 0.822. The van der Waals surface area contributed by atoms with Crippen molar-refractivity contribution in [2.75, 3.05) is 12.4 Å². The number of amides is 1. The highest BCUT2D eigenvalue weighted by Crippen LogP contribution is 2.14. The highest BCUT2D eigenvalue weighted by atomic mass is 16.5. The van der Waals surface area contributed by atoms with E-state index in [4.69, 9.17) is 4.74 Å². The second-order valence-corrected chi connectivity index (χ2v) is 5.87. The minimum atomic E-state index is -0.457. The van der Waals surface area contributed by atoms with Gasteiger partial charge in [-0.1, -0.05) is 12.1 Å². The van der Waals surface area contributed by atoms with Crippen LogP contribution in [0.15, 0.2) is 46.1 Å². The van der Waals surface area contributed by atoms with E-state index in [-0.39, 0.29) is 23.4 Å². The number of anilines is 1. The average molecular weight is 354 g/mol. The Kier molecular flexibility index (Phi) is 4.57. The molecule has 0 saturated carbocycles. The van der Waals surface area contributed by atoms with Gasteiger partial charge in [-0.3, -0.25) is 18.7 Å². The number of aryl methyl sites for hydroxylation is 1. The number of carbonyl (C=O) groups is 1. The number of nitrogens with one attached hydrogen (secondary N) is 1. The summed E-state index contributed by atoms with van der Waals surface area (Å²) in [5.41, 5.74) is 0.585. The third kappa shape index (κ3) is 3.21. The van der Waals surface area contributed by atoms with Crippen molar-refractivity contribution in [2.24, 2.45) is 14.1 Å². The van der Waals surface area contributed by atoms with Crippen LogP contribution in [-0.4, -0.2) is 27.1 Å². The smallest absolute Gasteiger partial charge is 0.332 e. The normalized spacial score (nSPS) is 10.7. The summed E-state index contributed by atoms with van der Waals surface area (Å²) in [6.45, 7) is 0. The highest BCUT2D eigenvalue weighted by Gasteiger charge is 2.11. The molecule has 0 unspecified atom stereocenters. The van der Waals surface area contributed by atoms with Crippen molar-refractivity contribution in [1.82, 2.24) is 14.1 Å². The fraction of sp³-hybridized carbons (Fsp3) is 0.222. The molecule has 134 valence electrons. The average Bonchev–Trinajstić information content (AvgIpc) is 2.65. The van der Waals surface area contributed by atoms with Gasteiger partial charge in [-0.15, -0.1) is 0 Å². The molecule has 0 fully saturated rings. The van der Waals surface area contributed by atoms with E-state index in [0.29, 0.717) is 11.4 Å². The number of fused-ring (bicyclic) bond motifs is 1. The first-order chi connectivity index (χ1) is 12.4. The van der Waals surface area contributed by atoms with Crippen molar-refractivity contribution in [2.45, 2.75) is 6.42 Å². The number of rotatable bonds is 4. The molecule has 1 aromatic carbocycles. The summed E-state index contributed by atoms with van der Waals surface area (Å²) in [5, 5.41) is 2.98. The summed E-state index contributed by atoms with van der Waals surface area (Å²) in [7, 11) is 4.52. The lowest BCUT2D eigenvalue weighted by molar-refractivity contribution is -0.115. The molecule has 0 aliphatic carbocycles. The highest BCUT2D eigenvalue weighted by molar-refractivity contribution is 5.93. The molecule has 26 heavy (non-hydrogen) atoms. The Hall–Kier alpha value is -3.42. The van der Waals surface area contributed by atoms with Crippen molar-refractivity contribution in [3.63, 3.8) is 0 Å². The minimum Gasteiger partial charge on any atom is -0.497 e. The molecule has 1 N–H and O–H groups in total. The second-order valence-electron chi connectivity index (χ2n) is 5.87. The zero-order valence-electron chi connectivity index (χ0n) is 14.6. The van der Waals surface area contributed by atoms with Crippen LogP contribution >= 0.6 is 0 Å². The molecule has 0 atom stereocenters. The number of pyridine rings is 1. The van der Waals surface area contributed by atoms with E-state index >= 15 is 0 Å². The third-order valence-electron chi connectivity index (χ3n) is 4.10. The topological polar surface area (TPSA) is 95.2 Å². The summed E-state index contributed by atoms with van der Waals surface area (Å²) < 4.78 is 7.38. The number of benzene rings is 1. The van der Waals surface area contributed by atoms with Crippen LogP contribution in [0.25, 0.3) is 11.0 Å². The number of ether oxygens (including phenoxy) is 1. The molecule has 0 radical (unpaired) electrons. The lowest BCUT2D eigenvalue weighted by Gasteiger charge is -2.09. The van der Waals surface area contributed by atoms with Crippen molar-refractivity contribution < 1.29 is 9.53 Å². The van der Waals surface area contributed by atoms with Gasteiger partial charge in [-0.2, -0.15) is 0 Å². The fourth-order valence-electron chi connectivity index (χ4n) is 2.67. The number of hydrogen-bond donors (Lipinski definition) is 1. The zero-order chi connectivity index (χ0) is 18.8. The molecular weight excluding hydrogens is 336 g/mol. The lowest BCUT2D eigenvalue weighted by atomic mass is 10.1. The van der Waals surface area contributed by atoms with Crippen molar-refractivity contribution in [3.8, 4) is 5.75 Å². The molecular formula is C18H18N4O4. The largest absolute Gasteiger partial charge is 0.497 e. The maximum atomic E-state index is 12.3. The minimum absolute atomic E-state index is 0.174. The number of methoxy groups -OCH3 is 1. The number of carbonyl (C=O) groups excluding carboxylic acids is 1. The van der Waals surface area contributed by atoms with Gasteiger partial charge in [0.1, 0.15) is 11.4 Å². The van der Waals surface area contributed by atoms with E-state index in [9.17, 15) is 14.4 Å². The maximum Gasteiger partial charge on any atom is 0.332 e. The van der Waals surface area contributed by atoms with Crippen LogP contribution in [0.1, 0.15) is 5.56 Å². The Morgan fingerprint density at radius 3 is 2.50 bits per heavy atom. The molecule has 3 aromatic rings. The van der Waals surface area contributed by atoms with Crippen LogP contribution in [0.3, 0.4) is 0 Å². The molecule has 8 heteroatoms. The molecule has 2 aromatic heterocycles. The summed E-state index contributed by atoms with van der Waals surface area (Å²) in [5.74, 6) is 0.479. The predicted molar refractivity (Wildman–Crippen MR) is 97.6 cm³/mol. The molecule has 0 bridgehead atoms. The molecule has 0 spiro atoms. The first-order valence-corrected chi connectivity index (χ1v) is 7.89. The standard InChI is InChI=1S/C18H18N4O4/c1-21-16-14(17(24)22(2)18(21)25)9-12(10-19-16)20-15(23)8-11-4-6-13(26-3)7-5-11/h4-7,9-10H,8H2,1-3H3,(H,20,23). The van der Waals surface area contributed by atoms with Crippen LogP contribution in [0.5, 0.6) is 5.75 Å². The van der Waals surface area contributed by atoms with Gasteiger partial charge in [0.25, 0.3) is 5.56 Å². The van der Waals surface area contributed by atoms with Gasteiger partial charge in [-0.25, -0.2) is 9.78 Å². The Morgan fingerprint density at radius 2 is 1.85 bits per heavy atom. The first kappa shape index (κ1) is 17.4. The molecule has 0 saturated heterocycles. The van der Waals surface area contributed by atoms with Gasteiger partial charge in [0.05, 0.1) is 30.8 Å². The van der Waals surface area contributed by atoms with Crippen LogP contribution < -0.4 is 21.3 Å². The molecule has 2 heterocycles. The van der Waals surface area contributed by atoms with Gasteiger partial charge >= 0.3 is 5.69 Å². The van der Waals surface area contributed by atoms with Crippen LogP contribution in [0.2, 0.25) is 0 Å². The van der Waals surface area contributed by atoms with Gasteiger partial charge < -0.3 is 10.1 Å². The van der Waals surface area contributed by atoms with Gasteiger partial charge in [0, 0.05) is 14.1 Å². The van der Waals surface area contributed by atoms with Gasteiger partial charge in [0.2, 0.25) is 5.91 Å². The van der Waals surface area contributed by atoms with Crippen molar-refractivity contribution in [3.05, 3.63) is 62.9 Å². The molecule has 3 rings (SSSR count). The van der Waals surface area contributed by atoms with Crippen molar-refractivity contribution >= 4 is 22.6 Å². The zero-order valence-corrected chi connectivity index (χ0v) is 14.6. The molecule has 1 amide bonds. The Labute approximate surface area is 148 Å². The lowest BCUT2D eigenvalue weighted by Crippen LogP contribution is -2.37. The Balaban J connectivity index is 1.85. The fourth-order valence-corrected chi connectivity index (χ4v) is 2.67. The maximum absolute atomic E-state index is 12.3. The van der Waals surface area contributed by atoms with E-state index < -0.39 is 11.2 Å². The SMILES string of the molecule is COc1ccc(CC(=O)Nc2cnc3c(c2)c(=O)n(C)c(=O)n3C)cc1. The number of nitrogens with zero attached hydrogens (tertiary/aromatic N) is 3. The molecule has 8 nitrogen and oxygen atoms in total. The monoisotopic (exact) mass is 354 g/mol. The van der Waals surface area contributed by atoms with Crippen LogP contribution in [-0.2, 0) is 25.3 Å². The molecule has 0 aliphatic rings. The third-order valence-corrected chi connectivity index (χ3v) is 4.10. The Morgan fingerprint density at radius 1 is 1.15 bits per heavy atom. The van der Waals surface area contributed by atoms with Crippen molar-refractivity contribution in [1.29, 1.82) is 0 Å². The summed E-state index contributed by atoms with van der Waals surface area (Å²) >= 11 is 0. The first-order valence-electron chi connectivity index (χ1n) is 7.89. The number of hydrogen-bond acceptors (Lipinski definition) is 5. The van der Waals surface area contributed by atoms with Crippen LogP contribution in [0, 0.1) is 0 Å². The molecule has 0 aliphatic heterocycles. The van der Waals surface area contributed by atoms with E-state index in [1.165, 1.54) is 23.9 Å². The van der Waals surface area contributed by atoms with E-state index in [2.05, 4.69) is 10.3 Å². The quantitative estimate of drug-likeness (QED) is 0.748. The van der Waals surface area contributed by atoms with E-state index in [1.807, 2.05) is 12.1 Å². The summed E-state index contributed by atoms with van der Waals surface area (Å²) in [4.78, 5) is 40.6. The van der Waals surface area contributed by atoms with E-state index in [1.54, 1.807) is 26.3 Å². The number of aromatic nitrogens is 3. The Bertz CT molecular complexity index is 1100. The van der Waals surface area contributed by atoms with Gasteiger partial charge in [-0.05, 0) is 23.8 Å². The van der Waals surface area contributed by atoms with Gasteiger partial charge in [0.15, 0.2) is 0 Å². The van der Waals surface area contributed by atoms with Crippen LogP contribution in [0.4, 0.5) is 5.69 Å². The summed E-state index contributed by atoms with van der Waals surface area (Å²) in [6, 6.07) is 8.70. The second kappa shape index (κ2) is 6.83. The van der Waals surface area contributed by atoms with E-state index in [0.717, 1.165) is 10.1 Å². The summed E-state index contributed by atoms with van der Waals surface area (Å²) in [6.07, 6.45) is 1.60.